The van der Waals surface area contributed by atoms with E-state index in [-0.39, 0.29) is 11.8 Å². The molecule has 19 heavy (non-hydrogen) atoms. The first-order chi connectivity index (χ1) is 9.21. The van der Waals surface area contributed by atoms with Crippen LogP contribution in [0.5, 0.6) is 0 Å². The van der Waals surface area contributed by atoms with Gasteiger partial charge in [-0.05, 0) is 12.8 Å². The highest BCUT2D eigenvalue weighted by atomic mass is 16.3. The van der Waals surface area contributed by atoms with Gasteiger partial charge in [0, 0.05) is 5.92 Å². The summed E-state index contributed by atoms with van der Waals surface area (Å²) in [4.78, 5) is 13.2. The van der Waals surface area contributed by atoms with Crippen LogP contribution in [0.1, 0.15) is 71.6 Å². The largest absolute Gasteiger partial charge is 0.376 e. The van der Waals surface area contributed by atoms with Crippen LogP contribution in [-0.4, -0.2) is 34.5 Å². The molecule has 0 rings (SSSR count). The molecular weight excluding hydrogens is 242 g/mol. The molecule has 1 unspecified atom stereocenters. The normalized spacial score (nSPS) is 12.4. The quantitative estimate of drug-likeness (QED) is 0.424. The predicted octanol–water partition coefficient (Wildman–Crippen LogP) is 2.88. The van der Waals surface area contributed by atoms with E-state index in [1.807, 2.05) is 0 Å². The fourth-order valence-electron chi connectivity index (χ4n) is 2.35. The fourth-order valence-corrected chi connectivity index (χ4v) is 2.35. The van der Waals surface area contributed by atoms with Crippen molar-refractivity contribution in [3.63, 3.8) is 0 Å². The van der Waals surface area contributed by atoms with Crippen molar-refractivity contribution < 1.29 is 15.0 Å². The van der Waals surface area contributed by atoms with Gasteiger partial charge in [-0.2, -0.15) is 0 Å². The lowest BCUT2D eigenvalue weighted by Gasteiger charge is -2.23. The van der Waals surface area contributed by atoms with Crippen LogP contribution in [0.25, 0.3) is 0 Å². The van der Waals surface area contributed by atoms with E-state index in [1.165, 1.54) is 32.1 Å². The Morgan fingerprint density at radius 1 is 0.895 bits per heavy atom. The van der Waals surface area contributed by atoms with Crippen molar-refractivity contribution in [3.8, 4) is 0 Å². The van der Waals surface area contributed by atoms with Gasteiger partial charge in [0.2, 0.25) is 5.91 Å². The Morgan fingerprint density at radius 2 is 1.47 bits per heavy atom. The highest BCUT2D eigenvalue weighted by molar-refractivity contribution is 5.78. The Bertz CT molecular complexity index is 217. The van der Waals surface area contributed by atoms with Gasteiger partial charge in [-0.15, -0.1) is 0 Å². The van der Waals surface area contributed by atoms with Crippen molar-refractivity contribution >= 4 is 5.91 Å². The van der Waals surface area contributed by atoms with Crippen molar-refractivity contribution in [2.45, 2.75) is 71.6 Å². The third-order valence-electron chi connectivity index (χ3n) is 3.55. The molecule has 0 radical (unpaired) electrons. The molecule has 1 amide bonds. The van der Waals surface area contributed by atoms with Gasteiger partial charge in [0.1, 0.15) is 13.5 Å². The van der Waals surface area contributed by atoms with Gasteiger partial charge in [0.05, 0.1) is 0 Å². The summed E-state index contributed by atoms with van der Waals surface area (Å²) < 4.78 is 0. The lowest BCUT2D eigenvalue weighted by Crippen LogP contribution is -2.37. The molecular formula is C15H31NO3. The molecule has 0 heterocycles. The molecule has 0 spiro atoms. The topological polar surface area (TPSA) is 60.8 Å². The monoisotopic (exact) mass is 273 g/mol. The highest BCUT2D eigenvalue weighted by Gasteiger charge is 2.22. The van der Waals surface area contributed by atoms with Crippen LogP contribution in [0, 0.1) is 5.92 Å². The zero-order valence-electron chi connectivity index (χ0n) is 12.6. The van der Waals surface area contributed by atoms with Gasteiger partial charge < -0.3 is 10.2 Å². The molecule has 0 bridgehead atoms. The van der Waals surface area contributed by atoms with Crippen LogP contribution in [0.2, 0.25) is 0 Å². The number of amides is 1. The summed E-state index contributed by atoms with van der Waals surface area (Å²) >= 11 is 0. The number of rotatable bonds is 12. The molecule has 114 valence electrons. The van der Waals surface area contributed by atoms with Crippen molar-refractivity contribution in [3.05, 3.63) is 0 Å². The molecule has 0 saturated carbocycles. The zero-order valence-corrected chi connectivity index (χ0v) is 12.6. The molecule has 4 nitrogen and oxygen atoms in total. The van der Waals surface area contributed by atoms with Crippen molar-refractivity contribution in [1.29, 1.82) is 0 Å². The van der Waals surface area contributed by atoms with Gasteiger partial charge in [0.15, 0.2) is 0 Å². The van der Waals surface area contributed by atoms with E-state index in [0.29, 0.717) is 0 Å². The fraction of sp³-hybridized carbons (Fsp3) is 0.933. The number of hydrogen-bond acceptors (Lipinski definition) is 3. The summed E-state index contributed by atoms with van der Waals surface area (Å²) in [5.74, 6) is -0.157. The molecule has 0 aliphatic heterocycles. The van der Waals surface area contributed by atoms with E-state index in [4.69, 9.17) is 10.2 Å². The molecule has 4 heteroatoms. The average molecular weight is 273 g/mol. The molecule has 0 aliphatic rings. The Hall–Kier alpha value is -0.610. The Balaban J connectivity index is 4.00. The lowest BCUT2D eigenvalue weighted by atomic mass is 9.94. The molecule has 0 saturated heterocycles. The lowest BCUT2D eigenvalue weighted by molar-refractivity contribution is -0.144. The second-order valence-electron chi connectivity index (χ2n) is 5.20. The summed E-state index contributed by atoms with van der Waals surface area (Å²) in [6.45, 7) is 3.47. The summed E-state index contributed by atoms with van der Waals surface area (Å²) in [5, 5.41) is 18.1. The molecule has 0 aromatic carbocycles. The SMILES string of the molecule is CCCCCCCCC(CCC)C(=O)N(CO)CO. The standard InChI is InChI=1S/C15H31NO3/c1-3-5-6-7-8-9-11-14(10-4-2)15(19)16(12-17)13-18/h14,17-18H,3-13H2,1-2H3. The van der Waals surface area contributed by atoms with Gasteiger partial charge >= 0.3 is 0 Å². The first-order valence-corrected chi connectivity index (χ1v) is 7.71. The maximum Gasteiger partial charge on any atom is 0.229 e. The van der Waals surface area contributed by atoms with Crippen LogP contribution in [0.4, 0.5) is 0 Å². The van der Waals surface area contributed by atoms with Gasteiger partial charge in [-0.25, -0.2) is 0 Å². The summed E-state index contributed by atoms with van der Waals surface area (Å²) in [7, 11) is 0. The second-order valence-corrected chi connectivity index (χ2v) is 5.20. The third-order valence-corrected chi connectivity index (χ3v) is 3.55. The van der Waals surface area contributed by atoms with E-state index in [1.54, 1.807) is 0 Å². The van der Waals surface area contributed by atoms with Crippen LogP contribution < -0.4 is 0 Å². The number of aliphatic hydroxyl groups is 2. The third kappa shape index (κ3) is 8.22. The smallest absolute Gasteiger partial charge is 0.229 e. The molecule has 0 aliphatic carbocycles. The highest BCUT2D eigenvalue weighted by Crippen LogP contribution is 2.19. The number of unbranched alkanes of at least 4 members (excludes halogenated alkanes) is 5. The summed E-state index contributed by atoms with van der Waals surface area (Å²) in [5.41, 5.74) is 0. The molecule has 0 aromatic rings. The van der Waals surface area contributed by atoms with Gasteiger partial charge in [0.25, 0.3) is 0 Å². The number of aliphatic hydroxyl groups excluding tert-OH is 2. The van der Waals surface area contributed by atoms with E-state index in [0.717, 1.165) is 30.6 Å². The Morgan fingerprint density at radius 3 is 2.00 bits per heavy atom. The second kappa shape index (κ2) is 12.4. The van der Waals surface area contributed by atoms with Gasteiger partial charge in [-0.1, -0.05) is 58.8 Å². The molecule has 0 fully saturated rings. The van der Waals surface area contributed by atoms with Crippen molar-refractivity contribution in [1.82, 2.24) is 4.90 Å². The molecule has 2 N–H and O–H groups in total. The van der Waals surface area contributed by atoms with E-state index >= 15 is 0 Å². The van der Waals surface area contributed by atoms with Crippen molar-refractivity contribution in [2.24, 2.45) is 5.92 Å². The minimum atomic E-state index is -0.397. The molecule has 1 atom stereocenters. The maximum atomic E-state index is 12.1. The summed E-state index contributed by atoms with van der Waals surface area (Å²) in [6, 6.07) is 0. The van der Waals surface area contributed by atoms with Crippen LogP contribution >= 0.6 is 0 Å². The van der Waals surface area contributed by atoms with E-state index < -0.39 is 13.5 Å². The molecule has 0 aromatic heterocycles. The van der Waals surface area contributed by atoms with Crippen LogP contribution in [0.15, 0.2) is 0 Å². The van der Waals surface area contributed by atoms with Crippen LogP contribution in [-0.2, 0) is 4.79 Å². The number of nitrogens with zero attached hydrogens (tertiary/aromatic N) is 1. The zero-order chi connectivity index (χ0) is 14.5. The van der Waals surface area contributed by atoms with E-state index in [9.17, 15) is 4.79 Å². The predicted molar refractivity (Wildman–Crippen MR) is 77.4 cm³/mol. The van der Waals surface area contributed by atoms with Gasteiger partial charge in [-0.3, -0.25) is 9.69 Å². The number of carbonyl (C=O) groups excluding carboxylic acids is 1. The van der Waals surface area contributed by atoms with E-state index in [2.05, 4.69) is 13.8 Å². The summed E-state index contributed by atoms with van der Waals surface area (Å²) in [6.07, 6.45) is 9.96. The van der Waals surface area contributed by atoms with Crippen molar-refractivity contribution in [2.75, 3.05) is 13.5 Å². The Labute approximate surface area is 117 Å². The van der Waals surface area contributed by atoms with Crippen LogP contribution in [0.3, 0.4) is 0 Å². The number of carbonyl (C=O) groups is 1. The first-order valence-electron chi connectivity index (χ1n) is 7.71. The minimum absolute atomic E-state index is 0.0459. The maximum absolute atomic E-state index is 12.1. The number of hydrogen-bond donors (Lipinski definition) is 2. The average Bonchev–Trinajstić information content (AvgIpc) is 2.42. The Kier molecular flexibility index (Phi) is 12.0. The minimum Gasteiger partial charge on any atom is -0.376 e. The first kappa shape index (κ1) is 18.4.